The molecule has 30 heavy (non-hydrogen) atoms. The number of aromatic nitrogens is 1. The number of para-hydroxylation sites is 1. The Morgan fingerprint density at radius 1 is 1.10 bits per heavy atom. The maximum Gasteiger partial charge on any atom is 0.341 e. The van der Waals surface area contributed by atoms with Crippen molar-refractivity contribution in [2.45, 2.75) is 29.9 Å². The number of hydrogen-bond donors (Lipinski definition) is 1. The maximum atomic E-state index is 12.7. The topological polar surface area (TPSA) is 92.1 Å². The summed E-state index contributed by atoms with van der Waals surface area (Å²) in [6.07, 6.45) is 0.545. The molecule has 3 rings (SSSR count). The van der Waals surface area contributed by atoms with Crippen molar-refractivity contribution in [3.8, 4) is 6.07 Å². The minimum atomic E-state index is -1.05. The van der Waals surface area contributed by atoms with Crippen LogP contribution >= 0.6 is 11.8 Å². The molecule has 1 atom stereocenters. The lowest BCUT2D eigenvalue weighted by Gasteiger charge is -2.15. The molecule has 0 fully saturated rings. The molecule has 2 aromatic carbocycles. The number of nitrogens with one attached hydrogen (secondary N) is 1. The summed E-state index contributed by atoms with van der Waals surface area (Å²) in [7, 11) is 0. The van der Waals surface area contributed by atoms with Crippen LogP contribution < -0.4 is 5.32 Å². The van der Waals surface area contributed by atoms with E-state index < -0.39 is 18.0 Å². The summed E-state index contributed by atoms with van der Waals surface area (Å²) in [6.45, 7) is 3.48. The van der Waals surface area contributed by atoms with E-state index in [0.29, 0.717) is 16.3 Å². The van der Waals surface area contributed by atoms with E-state index >= 15 is 0 Å². The van der Waals surface area contributed by atoms with Gasteiger partial charge in [-0.25, -0.2) is 9.78 Å². The average Bonchev–Trinajstić information content (AvgIpc) is 2.76. The van der Waals surface area contributed by atoms with Gasteiger partial charge in [0.25, 0.3) is 5.91 Å². The highest BCUT2D eigenvalue weighted by molar-refractivity contribution is 7.99. The lowest BCUT2D eigenvalue weighted by molar-refractivity contribution is -0.123. The molecule has 0 saturated heterocycles. The number of benzene rings is 2. The van der Waals surface area contributed by atoms with Gasteiger partial charge in [-0.2, -0.15) is 5.26 Å². The zero-order valence-electron chi connectivity index (χ0n) is 16.5. The monoisotopic (exact) mass is 417 g/mol. The molecule has 1 aromatic heterocycles. The molecule has 150 valence electrons. The molecule has 0 saturated carbocycles. The van der Waals surface area contributed by atoms with Gasteiger partial charge in [0.2, 0.25) is 0 Å². The van der Waals surface area contributed by atoms with Crippen molar-refractivity contribution in [3.05, 3.63) is 83.6 Å². The maximum absolute atomic E-state index is 12.7. The molecular weight excluding hydrogens is 398 g/mol. The zero-order chi connectivity index (χ0) is 21.5. The van der Waals surface area contributed by atoms with Crippen LogP contribution in [0.3, 0.4) is 0 Å². The lowest BCUT2D eigenvalue weighted by Crippen LogP contribution is -2.30. The van der Waals surface area contributed by atoms with Crippen LogP contribution in [0.4, 0.5) is 5.69 Å². The average molecular weight is 417 g/mol. The van der Waals surface area contributed by atoms with Gasteiger partial charge in [0.05, 0.1) is 16.8 Å². The van der Waals surface area contributed by atoms with Crippen LogP contribution in [0.25, 0.3) is 0 Å². The molecule has 6 nitrogen and oxygen atoms in total. The number of carbonyl (C=O) groups excluding carboxylic acids is 2. The van der Waals surface area contributed by atoms with Gasteiger partial charge < -0.3 is 10.1 Å². The smallest absolute Gasteiger partial charge is 0.341 e. The van der Waals surface area contributed by atoms with Crippen molar-refractivity contribution < 1.29 is 14.3 Å². The highest BCUT2D eigenvalue weighted by Gasteiger charge is 2.22. The third kappa shape index (κ3) is 5.25. The Bertz CT molecular complexity index is 1110. The summed E-state index contributed by atoms with van der Waals surface area (Å²) in [5.74, 6) is -1.17. The zero-order valence-corrected chi connectivity index (χ0v) is 17.3. The van der Waals surface area contributed by atoms with Crippen LogP contribution in [0.5, 0.6) is 0 Å². The van der Waals surface area contributed by atoms with E-state index in [1.807, 2.05) is 37.3 Å². The molecular formula is C23H19N3O3S. The number of ether oxygens (including phenoxy) is 1. The molecule has 1 N–H and O–H groups in total. The van der Waals surface area contributed by atoms with Crippen molar-refractivity contribution in [1.29, 1.82) is 5.26 Å². The molecule has 1 amide bonds. The standard InChI is InChI=1S/C23H19N3O3S/c1-15-9-11-18(12-10-15)30-22-19(7-5-13-25-22)23(28)29-16(2)21(27)26-20-8-4-3-6-17(20)14-24/h3-13,16H,1-2H3,(H,26,27)/t16-/m1/s1. The number of nitriles is 1. The Kier molecular flexibility index (Phi) is 6.83. The van der Waals surface area contributed by atoms with E-state index in [4.69, 9.17) is 10.00 Å². The van der Waals surface area contributed by atoms with Crippen molar-refractivity contribution in [3.63, 3.8) is 0 Å². The van der Waals surface area contributed by atoms with Crippen LogP contribution in [0.2, 0.25) is 0 Å². The van der Waals surface area contributed by atoms with E-state index in [-0.39, 0.29) is 5.56 Å². The van der Waals surface area contributed by atoms with E-state index in [0.717, 1.165) is 10.5 Å². The van der Waals surface area contributed by atoms with Crippen molar-refractivity contribution in [1.82, 2.24) is 4.98 Å². The van der Waals surface area contributed by atoms with Crippen molar-refractivity contribution in [2.24, 2.45) is 0 Å². The molecule has 1 heterocycles. The largest absolute Gasteiger partial charge is 0.449 e. The molecule has 0 spiro atoms. The van der Waals surface area contributed by atoms with Gasteiger partial charge in [-0.05, 0) is 50.2 Å². The number of pyridine rings is 1. The minimum absolute atomic E-state index is 0.278. The SMILES string of the molecule is Cc1ccc(Sc2ncccc2C(=O)O[C@H](C)C(=O)Nc2ccccc2C#N)cc1. The van der Waals surface area contributed by atoms with E-state index in [9.17, 15) is 9.59 Å². The van der Waals surface area contributed by atoms with Crippen LogP contribution in [0.1, 0.15) is 28.4 Å². The first-order valence-corrected chi connectivity index (χ1v) is 10.00. The first-order valence-electron chi connectivity index (χ1n) is 9.18. The number of carbonyl (C=O) groups is 2. The summed E-state index contributed by atoms with van der Waals surface area (Å²) in [5.41, 5.74) is 2.11. The molecule has 0 bridgehead atoms. The highest BCUT2D eigenvalue weighted by Crippen LogP contribution is 2.29. The number of nitrogens with zero attached hydrogens (tertiary/aromatic N) is 2. The molecule has 0 radical (unpaired) electrons. The van der Waals surface area contributed by atoms with Gasteiger partial charge >= 0.3 is 5.97 Å². The lowest BCUT2D eigenvalue weighted by atomic mass is 10.2. The van der Waals surface area contributed by atoms with Crippen molar-refractivity contribution >= 4 is 29.3 Å². The number of hydrogen-bond acceptors (Lipinski definition) is 6. The summed E-state index contributed by atoms with van der Waals surface area (Å²) in [4.78, 5) is 30.4. The Balaban J connectivity index is 1.70. The number of amides is 1. The molecule has 3 aromatic rings. The summed E-state index contributed by atoms with van der Waals surface area (Å²) in [6, 6.07) is 19.7. The van der Waals surface area contributed by atoms with Gasteiger partial charge in [-0.1, -0.05) is 41.6 Å². The minimum Gasteiger partial charge on any atom is -0.449 e. The highest BCUT2D eigenvalue weighted by atomic mass is 32.2. The van der Waals surface area contributed by atoms with Gasteiger partial charge in [-0.3, -0.25) is 4.79 Å². The fraction of sp³-hybridized carbons (Fsp3) is 0.130. The summed E-state index contributed by atoms with van der Waals surface area (Å²) >= 11 is 1.35. The Labute approximate surface area is 178 Å². The molecule has 0 unspecified atom stereocenters. The molecule has 0 aliphatic rings. The third-order valence-corrected chi connectivity index (χ3v) is 5.21. The normalized spacial score (nSPS) is 11.2. The molecule has 0 aliphatic carbocycles. The predicted molar refractivity (Wildman–Crippen MR) is 114 cm³/mol. The first-order chi connectivity index (χ1) is 14.5. The third-order valence-electron chi connectivity index (χ3n) is 4.19. The number of anilines is 1. The second-order valence-corrected chi connectivity index (χ2v) is 7.53. The van der Waals surface area contributed by atoms with Crippen LogP contribution in [0.15, 0.2) is 76.8 Å². The molecule has 7 heteroatoms. The number of rotatable bonds is 6. The van der Waals surface area contributed by atoms with E-state index in [2.05, 4.69) is 10.3 Å². The van der Waals surface area contributed by atoms with Gasteiger partial charge in [0.15, 0.2) is 6.10 Å². The number of esters is 1. The Morgan fingerprint density at radius 2 is 1.83 bits per heavy atom. The summed E-state index contributed by atoms with van der Waals surface area (Å²) < 4.78 is 5.35. The van der Waals surface area contributed by atoms with Crippen LogP contribution in [-0.2, 0) is 9.53 Å². The van der Waals surface area contributed by atoms with Crippen molar-refractivity contribution in [2.75, 3.05) is 5.32 Å². The Morgan fingerprint density at radius 3 is 2.57 bits per heavy atom. The first kappa shape index (κ1) is 21.1. The Hall–Kier alpha value is -3.63. The van der Waals surface area contributed by atoms with Crippen LogP contribution in [-0.4, -0.2) is 23.0 Å². The quantitative estimate of drug-likeness (QED) is 0.590. The second-order valence-electron chi connectivity index (χ2n) is 6.47. The van der Waals surface area contributed by atoms with E-state index in [1.54, 1.807) is 42.6 Å². The van der Waals surface area contributed by atoms with Gasteiger partial charge in [0, 0.05) is 11.1 Å². The number of aryl methyl sites for hydroxylation is 1. The molecule has 0 aliphatic heterocycles. The second kappa shape index (κ2) is 9.72. The van der Waals surface area contributed by atoms with Gasteiger partial charge in [-0.15, -0.1) is 0 Å². The van der Waals surface area contributed by atoms with Gasteiger partial charge in [0.1, 0.15) is 11.1 Å². The fourth-order valence-electron chi connectivity index (χ4n) is 2.55. The predicted octanol–water partition coefficient (Wildman–Crippen LogP) is 4.60. The fourth-order valence-corrected chi connectivity index (χ4v) is 3.42. The summed E-state index contributed by atoms with van der Waals surface area (Å²) in [5, 5.41) is 12.2. The van der Waals surface area contributed by atoms with Crippen LogP contribution in [0, 0.1) is 18.3 Å². The van der Waals surface area contributed by atoms with E-state index in [1.165, 1.54) is 18.7 Å².